The number of rotatable bonds is 4. The standard InChI is InChI=1S/C20H21N9/c21-19-16(20-26-11-18(28-20)17-10-23-5-6-24-17)7-13(8-25-19)14-9-27-29(12-14)15-1-3-22-4-2-15/h5-12,15,22H,1-4H2,(H2,21,25)(H,26,28). The maximum absolute atomic E-state index is 6.14. The minimum absolute atomic E-state index is 0.416. The van der Waals surface area contributed by atoms with Gasteiger partial charge in [0.15, 0.2) is 0 Å². The number of H-pyrrole nitrogens is 1. The van der Waals surface area contributed by atoms with E-state index in [-0.39, 0.29) is 0 Å². The Kier molecular flexibility index (Phi) is 4.49. The molecule has 0 unspecified atom stereocenters. The quantitative estimate of drug-likeness (QED) is 0.491. The molecule has 0 aliphatic carbocycles. The topological polar surface area (TPSA) is 123 Å². The summed E-state index contributed by atoms with van der Waals surface area (Å²) in [7, 11) is 0. The minimum atomic E-state index is 0.416. The number of hydrogen-bond donors (Lipinski definition) is 3. The van der Waals surface area contributed by atoms with E-state index < -0.39 is 0 Å². The van der Waals surface area contributed by atoms with Gasteiger partial charge in [-0.1, -0.05) is 0 Å². The van der Waals surface area contributed by atoms with Crippen molar-refractivity contribution < 1.29 is 0 Å². The largest absolute Gasteiger partial charge is 0.383 e. The van der Waals surface area contributed by atoms with Gasteiger partial charge in [-0.3, -0.25) is 14.6 Å². The summed E-state index contributed by atoms with van der Waals surface area (Å²) in [4.78, 5) is 20.5. The van der Waals surface area contributed by atoms with Gasteiger partial charge in [0.1, 0.15) is 17.3 Å². The van der Waals surface area contributed by atoms with Crippen molar-refractivity contribution in [1.29, 1.82) is 0 Å². The lowest BCUT2D eigenvalue weighted by Crippen LogP contribution is -2.29. The molecule has 4 N–H and O–H groups in total. The SMILES string of the molecule is Nc1ncc(-c2cnn(C3CCNCC3)c2)cc1-c1ncc(-c2cnccn2)[nH]1. The van der Waals surface area contributed by atoms with Crippen LogP contribution in [0.3, 0.4) is 0 Å². The monoisotopic (exact) mass is 387 g/mol. The van der Waals surface area contributed by atoms with Gasteiger partial charge in [-0.15, -0.1) is 0 Å². The Bertz CT molecular complexity index is 1110. The summed E-state index contributed by atoms with van der Waals surface area (Å²) in [6.45, 7) is 2.06. The van der Waals surface area contributed by atoms with Crippen LogP contribution in [0.15, 0.2) is 49.4 Å². The van der Waals surface area contributed by atoms with E-state index >= 15 is 0 Å². The highest BCUT2D eigenvalue weighted by Gasteiger charge is 2.17. The second-order valence-electron chi connectivity index (χ2n) is 7.08. The first-order valence-electron chi connectivity index (χ1n) is 9.60. The van der Waals surface area contributed by atoms with E-state index in [1.807, 2.05) is 12.3 Å². The van der Waals surface area contributed by atoms with Gasteiger partial charge in [-0.25, -0.2) is 9.97 Å². The molecule has 0 atom stereocenters. The van der Waals surface area contributed by atoms with Gasteiger partial charge in [-0.2, -0.15) is 5.10 Å². The fourth-order valence-electron chi connectivity index (χ4n) is 3.61. The Labute approximate surface area is 167 Å². The summed E-state index contributed by atoms with van der Waals surface area (Å²) in [6, 6.07) is 2.43. The van der Waals surface area contributed by atoms with Crippen LogP contribution in [0.5, 0.6) is 0 Å². The number of piperidine rings is 1. The molecule has 0 saturated carbocycles. The lowest BCUT2D eigenvalue weighted by Gasteiger charge is -2.22. The van der Waals surface area contributed by atoms with Gasteiger partial charge in [0.2, 0.25) is 0 Å². The van der Waals surface area contributed by atoms with Crippen LogP contribution in [-0.2, 0) is 0 Å². The van der Waals surface area contributed by atoms with Crippen molar-refractivity contribution in [3.8, 4) is 33.9 Å². The van der Waals surface area contributed by atoms with Crippen molar-refractivity contribution in [2.75, 3.05) is 18.8 Å². The van der Waals surface area contributed by atoms with Gasteiger partial charge >= 0.3 is 0 Å². The van der Waals surface area contributed by atoms with E-state index in [2.05, 4.69) is 46.2 Å². The molecule has 0 radical (unpaired) electrons. The van der Waals surface area contributed by atoms with Crippen LogP contribution in [-0.4, -0.2) is 47.8 Å². The molecule has 9 nitrogen and oxygen atoms in total. The lowest BCUT2D eigenvalue weighted by atomic mass is 10.1. The van der Waals surface area contributed by atoms with Crippen molar-refractivity contribution in [2.45, 2.75) is 18.9 Å². The maximum Gasteiger partial charge on any atom is 0.141 e. The summed E-state index contributed by atoms with van der Waals surface area (Å²) < 4.78 is 2.06. The number of imidazole rings is 1. The molecule has 1 fully saturated rings. The number of nitrogens with zero attached hydrogens (tertiary/aromatic N) is 6. The number of aromatic amines is 1. The smallest absolute Gasteiger partial charge is 0.141 e. The van der Waals surface area contributed by atoms with Crippen LogP contribution >= 0.6 is 0 Å². The number of nitrogens with two attached hydrogens (primary N) is 1. The highest BCUT2D eigenvalue weighted by molar-refractivity contribution is 5.76. The van der Waals surface area contributed by atoms with E-state index in [1.165, 1.54) is 0 Å². The third-order valence-electron chi connectivity index (χ3n) is 5.21. The molecular formula is C20H21N9. The number of nitrogens with one attached hydrogen (secondary N) is 2. The van der Waals surface area contributed by atoms with Crippen molar-refractivity contribution >= 4 is 5.82 Å². The molecule has 1 saturated heterocycles. The Hall–Kier alpha value is -3.59. The van der Waals surface area contributed by atoms with Gasteiger partial charge in [0.05, 0.1) is 35.9 Å². The third-order valence-corrected chi connectivity index (χ3v) is 5.21. The summed E-state index contributed by atoms with van der Waals surface area (Å²) >= 11 is 0. The van der Waals surface area contributed by atoms with E-state index in [0.717, 1.165) is 54.0 Å². The number of nitrogen functional groups attached to an aromatic ring is 1. The summed E-state index contributed by atoms with van der Waals surface area (Å²) in [5.74, 6) is 1.06. The molecule has 9 heteroatoms. The Balaban J connectivity index is 1.45. The van der Waals surface area contributed by atoms with Crippen molar-refractivity contribution in [1.82, 2.24) is 40.0 Å². The number of anilines is 1. The fraction of sp³-hybridized carbons (Fsp3) is 0.250. The van der Waals surface area contributed by atoms with Crippen LogP contribution in [0.2, 0.25) is 0 Å². The predicted molar refractivity (Wildman–Crippen MR) is 110 cm³/mol. The predicted octanol–water partition coefficient (Wildman–Crippen LogP) is 2.30. The third kappa shape index (κ3) is 3.47. The molecular weight excluding hydrogens is 366 g/mol. The van der Waals surface area contributed by atoms with Crippen molar-refractivity contribution in [3.05, 3.63) is 49.4 Å². The normalized spacial score (nSPS) is 14.9. The molecule has 5 heterocycles. The van der Waals surface area contributed by atoms with Crippen LogP contribution in [0.4, 0.5) is 5.82 Å². The first-order valence-corrected chi connectivity index (χ1v) is 9.60. The van der Waals surface area contributed by atoms with Crippen LogP contribution in [0.25, 0.3) is 33.9 Å². The number of pyridine rings is 1. The second-order valence-corrected chi connectivity index (χ2v) is 7.08. The molecule has 0 aromatic carbocycles. The van der Waals surface area contributed by atoms with Crippen molar-refractivity contribution in [3.63, 3.8) is 0 Å². The molecule has 146 valence electrons. The Morgan fingerprint density at radius 1 is 0.966 bits per heavy atom. The molecule has 5 rings (SSSR count). The van der Waals surface area contributed by atoms with Crippen LogP contribution in [0, 0.1) is 0 Å². The Morgan fingerprint density at radius 3 is 2.69 bits per heavy atom. The lowest BCUT2D eigenvalue weighted by molar-refractivity contribution is 0.343. The van der Waals surface area contributed by atoms with E-state index in [1.54, 1.807) is 31.0 Å². The molecule has 1 aliphatic heterocycles. The minimum Gasteiger partial charge on any atom is -0.383 e. The summed E-state index contributed by atoms with van der Waals surface area (Å²) in [6.07, 6.45) is 14.6. The number of aromatic nitrogens is 7. The first kappa shape index (κ1) is 17.5. The van der Waals surface area contributed by atoms with Crippen LogP contribution < -0.4 is 11.1 Å². The molecule has 0 bridgehead atoms. The Morgan fingerprint density at radius 2 is 1.86 bits per heavy atom. The average molecular weight is 387 g/mol. The second kappa shape index (κ2) is 7.44. The maximum atomic E-state index is 6.14. The molecule has 4 aromatic heterocycles. The van der Waals surface area contributed by atoms with Crippen LogP contribution in [0.1, 0.15) is 18.9 Å². The van der Waals surface area contributed by atoms with Gasteiger partial charge < -0.3 is 16.0 Å². The zero-order valence-electron chi connectivity index (χ0n) is 15.8. The van der Waals surface area contributed by atoms with Crippen molar-refractivity contribution in [2.24, 2.45) is 0 Å². The fourth-order valence-corrected chi connectivity index (χ4v) is 3.61. The highest BCUT2D eigenvalue weighted by Crippen LogP contribution is 2.30. The number of hydrogen-bond acceptors (Lipinski definition) is 7. The van der Waals surface area contributed by atoms with E-state index in [9.17, 15) is 0 Å². The zero-order chi connectivity index (χ0) is 19.6. The van der Waals surface area contributed by atoms with E-state index in [4.69, 9.17) is 5.73 Å². The summed E-state index contributed by atoms with van der Waals surface area (Å²) in [5.41, 5.74) is 10.3. The zero-order valence-corrected chi connectivity index (χ0v) is 15.8. The molecule has 0 amide bonds. The van der Waals surface area contributed by atoms with Gasteiger partial charge in [0.25, 0.3) is 0 Å². The highest BCUT2D eigenvalue weighted by atomic mass is 15.3. The molecule has 29 heavy (non-hydrogen) atoms. The van der Waals surface area contributed by atoms with Gasteiger partial charge in [0, 0.05) is 35.9 Å². The van der Waals surface area contributed by atoms with Gasteiger partial charge in [-0.05, 0) is 32.0 Å². The first-order chi connectivity index (χ1) is 14.3. The molecule has 0 spiro atoms. The average Bonchev–Trinajstić information content (AvgIpc) is 3.46. The molecule has 4 aromatic rings. The molecule has 1 aliphatic rings. The van der Waals surface area contributed by atoms with E-state index in [0.29, 0.717) is 17.7 Å². The summed E-state index contributed by atoms with van der Waals surface area (Å²) in [5, 5.41) is 7.96.